The van der Waals surface area contributed by atoms with Crippen molar-refractivity contribution in [3.63, 3.8) is 0 Å². The van der Waals surface area contributed by atoms with Gasteiger partial charge in [-0.3, -0.25) is 4.72 Å². The average molecular weight is 312 g/mol. The van der Waals surface area contributed by atoms with Gasteiger partial charge in [0.05, 0.1) is 0 Å². The van der Waals surface area contributed by atoms with Gasteiger partial charge in [-0.25, -0.2) is 21.6 Å². The van der Waals surface area contributed by atoms with E-state index in [9.17, 15) is 21.6 Å². The van der Waals surface area contributed by atoms with Crippen LogP contribution in [0.25, 0.3) is 0 Å². The summed E-state index contributed by atoms with van der Waals surface area (Å²) in [7, 11) is -4.52. The zero-order chi connectivity index (χ0) is 15.6. The normalized spacial score (nSPS) is 11.0. The number of nitrogens with zero attached hydrogens (tertiary/aromatic N) is 1. The minimum Gasteiger partial charge on any atom is -0.274 e. The van der Waals surface area contributed by atoms with Crippen LogP contribution in [0.3, 0.4) is 0 Å². The molecule has 8 heteroatoms. The molecule has 0 aromatic heterocycles. The van der Waals surface area contributed by atoms with Crippen LogP contribution in [0.4, 0.5) is 18.9 Å². The molecule has 2 aromatic rings. The Morgan fingerprint density at radius 1 is 0.952 bits per heavy atom. The van der Waals surface area contributed by atoms with Gasteiger partial charge in [-0.05, 0) is 24.3 Å². The van der Waals surface area contributed by atoms with E-state index in [4.69, 9.17) is 5.26 Å². The fourth-order valence-corrected chi connectivity index (χ4v) is 2.86. The van der Waals surface area contributed by atoms with Crippen LogP contribution in [0.2, 0.25) is 0 Å². The lowest BCUT2D eigenvalue weighted by Crippen LogP contribution is -2.17. The molecular formula is C13H7F3N2O2S. The molecule has 0 amide bonds. The van der Waals surface area contributed by atoms with Gasteiger partial charge >= 0.3 is 0 Å². The highest BCUT2D eigenvalue weighted by Gasteiger charge is 2.23. The second-order valence-electron chi connectivity index (χ2n) is 3.93. The van der Waals surface area contributed by atoms with Gasteiger partial charge in [0, 0.05) is 0 Å². The number of para-hydroxylation sites is 1. The van der Waals surface area contributed by atoms with Crippen molar-refractivity contribution in [3.05, 3.63) is 59.4 Å². The van der Waals surface area contributed by atoms with Crippen LogP contribution in [0.1, 0.15) is 5.56 Å². The minimum atomic E-state index is -4.52. The summed E-state index contributed by atoms with van der Waals surface area (Å²) < 4.78 is 66.1. The molecule has 0 saturated heterocycles. The van der Waals surface area contributed by atoms with E-state index >= 15 is 0 Å². The first-order chi connectivity index (χ1) is 9.86. The highest BCUT2D eigenvalue weighted by Crippen LogP contribution is 2.24. The molecule has 0 aliphatic carbocycles. The Kier molecular flexibility index (Phi) is 3.86. The highest BCUT2D eigenvalue weighted by molar-refractivity contribution is 7.92. The van der Waals surface area contributed by atoms with E-state index < -0.39 is 43.6 Å². The molecule has 4 nitrogen and oxygen atoms in total. The smallest absolute Gasteiger partial charge is 0.263 e. The Morgan fingerprint density at radius 2 is 1.48 bits per heavy atom. The zero-order valence-corrected chi connectivity index (χ0v) is 11.1. The summed E-state index contributed by atoms with van der Waals surface area (Å²) in [6, 6.07) is 7.12. The minimum absolute atomic E-state index is 0.701. The summed E-state index contributed by atoms with van der Waals surface area (Å²) in [6.07, 6.45) is 0. The van der Waals surface area contributed by atoms with Crippen molar-refractivity contribution in [2.75, 3.05) is 4.72 Å². The second kappa shape index (κ2) is 5.46. The van der Waals surface area contributed by atoms with Crippen LogP contribution < -0.4 is 4.72 Å². The number of nitriles is 1. The third-order valence-electron chi connectivity index (χ3n) is 2.58. The number of hydrogen-bond donors (Lipinski definition) is 1. The van der Waals surface area contributed by atoms with Crippen molar-refractivity contribution in [1.29, 1.82) is 5.26 Å². The molecule has 21 heavy (non-hydrogen) atoms. The van der Waals surface area contributed by atoms with Gasteiger partial charge in [-0.2, -0.15) is 5.26 Å². The number of rotatable bonds is 3. The zero-order valence-electron chi connectivity index (χ0n) is 10.3. The van der Waals surface area contributed by atoms with Gasteiger partial charge in [-0.15, -0.1) is 0 Å². The molecule has 0 bridgehead atoms. The quantitative estimate of drug-likeness (QED) is 0.947. The van der Waals surface area contributed by atoms with Gasteiger partial charge in [0.25, 0.3) is 10.0 Å². The molecule has 0 fully saturated rings. The Bertz CT molecular complexity index is 825. The maximum absolute atomic E-state index is 13.5. The fraction of sp³-hybridized carbons (Fsp3) is 0. The van der Waals surface area contributed by atoms with E-state index in [1.54, 1.807) is 4.72 Å². The number of hydrogen-bond acceptors (Lipinski definition) is 3. The lowest BCUT2D eigenvalue weighted by Gasteiger charge is -2.11. The molecule has 0 spiro atoms. The summed E-state index contributed by atoms with van der Waals surface area (Å²) >= 11 is 0. The second-order valence-corrected chi connectivity index (χ2v) is 5.58. The molecule has 0 heterocycles. The van der Waals surface area contributed by atoms with Gasteiger partial charge < -0.3 is 0 Å². The predicted molar refractivity (Wildman–Crippen MR) is 68.3 cm³/mol. The molecular weight excluding hydrogens is 305 g/mol. The molecule has 0 radical (unpaired) electrons. The number of benzene rings is 2. The van der Waals surface area contributed by atoms with Crippen LogP contribution in [0, 0.1) is 28.8 Å². The summed E-state index contributed by atoms with van der Waals surface area (Å²) in [4.78, 5) is -0.701. The van der Waals surface area contributed by atoms with Crippen molar-refractivity contribution in [1.82, 2.24) is 0 Å². The summed E-state index contributed by atoms with van der Waals surface area (Å²) in [5.74, 6) is -3.31. The third kappa shape index (κ3) is 2.83. The average Bonchev–Trinajstić information content (AvgIpc) is 2.43. The molecule has 2 aromatic carbocycles. The predicted octanol–water partition coefficient (Wildman–Crippen LogP) is 2.78. The SMILES string of the molecule is N#Cc1c(F)cccc1S(=O)(=O)Nc1c(F)cccc1F. The first-order valence-electron chi connectivity index (χ1n) is 5.52. The maximum Gasteiger partial charge on any atom is 0.263 e. The Hall–Kier alpha value is -2.53. The molecule has 2 rings (SSSR count). The number of halogens is 3. The largest absolute Gasteiger partial charge is 0.274 e. The third-order valence-corrected chi connectivity index (χ3v) is 3.97. The van der Waals surface area contributed by atoms with E-state index in [0.29, 0.717) is 0 Å². The van der Waals surface area contributed by atoms with Gasteiger partial charge in [-0.1, -0.05) is 12.1 Å². The molecule has 0 saturated carbocycles. The summed E-state index contributed by atoms with van der Waals surface area (Å²) in [6.45, 7) is 0. The van der Waals surface area contributed by atoms with Crippen molar-refractivity contribution in [3.8, 4) is 6.07 Å². The molecule has 0 aliphatic rings. The first kappa shape index (κ1) is 14.9. The molecule has 0 unspecified atom stereocenters. The van der Waals surface area contributed by atoms with E-state index in [1.165, 1.54) is 6.07 Å². The number of nitrogens with one attached hydrogen (secondary N) is 1. The van der Waals surface area contributed by atoms with E-state index in [-0.39, 0.29) is 0 Å². The lowest BCUT2D eigenvalue weighted by molar-refractivity contribution is 0.581. The summed E-state index contributed by atoms with van der Waals surface area (Å²) in [5.41, 5.74) is -1.63. The van der Waals surface area contributed by atoms with E-state index in [1.807, 2.05) is 0 Å². The van der Waals surface area contributed by atoms with Gasteiger partial charge in [0.1, 0.15) is 39.7 Å². The monoisotopic (exact) mass is 312 g/mol. The molecule has 0 aliphatic heterocycles. The standard InChI is InChI=1S/C13H7F3N2O2S/c14-9-3-2-6-12(8(9)7-17)21(19,20)18-13-10(15)4-1-5-11(13)16/h1-6,18H. The van der Waals surface area contributed by atoms with E-state index in [0.717, 1.165) is 36.4 Å². The van der Waals surface area contributed by atoms with Gasteiger partial charge in [0.2, 0.25) is 0 Å². The van der Waals surface area contributed by atoms with Crippen molar-refractivity contribution >= 4 is 15.7 Å². The molecule has 1 N–H and O–H groups in total. The number of sulfonamides is 1. The Balaban J connectivity index is 2.55. The highest BCUT2D eigenvalue weighted by atomic mass is 32.2. The summed E-state index contributed by atoms with van der Waals surface area (Å²) in [5, 5.41) is 8.81. The molecule has 108 valence electrons. The maximum atomic E-state index is 13.5. The Morgan fingerprint density at radius 3 is 2.05 bits per heavy atom. The topological polar surface area (TPSA) is 70.0 Å². The lowest BCUT2D eigenvalue weighted by atomic mass is 10.2. The van der Waals surface area contributed by atoms with Crippen molar-refractivity contribution in [2.24, 2.45) is 0 Å². The first-order valence-corrected chi connectivity index (χ1v) is 7.00. The van der Waals surface area contributed by atoms with Gasteiger partial charge in [0.15, 0.2) is 0 Å². The number of anilines is 1. The van der Waals surface area contributed by atoms with Crippen molar-refractivity contribution < 1.29 is 21.6 Å². The van der Waals surface area contributed by atoms with Crippen LogP contribution in [0.15, 0.2) is 41.3 Å². The van der Waals surface area contributed by atoms with Crippen LogP contribution >= 0.6 is 0 Å². The van der Waals surface area contributed by atoms with Crippen LogP contribution in [0.5, 0.6) is 0 Å². The van der Waals surface area contributed by atoms with Crippen molar-refractivity contribution in [2.45, 2.75) is 4.90 Å². The fourth-order valence-electron chi connectivity index (χ4n) is 1.62. The van der Waals surface area contributed by atoms with Crippen LogP contribution in [-0.2, 0) is 10.0 Å². The Labute approximate surface area is 118 Å². The van der Waals surface area contributed by atoms with Crippen LogP contribution in [-0.4, -0.2) is 8.42 Å². The van der Waals surface area contributed by atoms with E-state index in [2.05, 4.69) is 0 Å². The molecule has 0 atom stereocenters.